The molecule has 11 nitrogen and oxygen atoms in total. The van der Waals surface area contributed by atoms with Crippen LogP contribution >= 0.6 is 0 Å². The number of carbonyl (C=O) groups is 1. The number of rotatable bonds is 8. The first-order valence-electron chi connectivity index (χ1n) is 12.7. The Morgan fingerprint density at radius 3 is 2.55 bits per heavy atom. The number of nitrogens with one attached hydrogen (secondary N) is 2. The number of hydrogen-bond donors (Lipinski definition) is 3. The van der Waals surface area contributed by atoms with Crippen LogP contribution in [0.3, 0.4) is 0 Å². The van der Waals surface area contributed by atoms with Crippen LogP contribution in [0.1, 0.15) is 21.6 Å². The number of halogens is 3. The van der Waals surface area contributed by atoms with E-state index >= 15 is 0 Å². The first-order chi connectivity index (χ1) is 21.0. The summed E-state index contributed by atoms with van der Waals surface area (Å²) in [5.74, 6) is -2.79. The normalized spacial score (nSPS) is 11.5. The summed E-state index contributed by atoms with van der Waals surface area (Å²) in [5, 5.41) is 4.50. The number of fused-ring (bicyclic) bond motifs is 1. The van der Waals surface area contributed by atoms with E-state index in [1.165, 1.54) is 47.4 Å². The summed E-state index contributed by atoms with van der Waals surface area (Å²) < 4.78 is 76.5. The average Bonchev–Trinajstić information content (AvgIpc) is 3.57. The number of ether oxygens (including phenoxy) is 1. The van der Waals surface area contributed by atoms with E-state index < -0.39 is 43.8 Å². The van der Waals surface area contributed by atoms with Crippen molar-refractivity contribution in [3.8, 4) is 17.3 Å². The fraction of sp³-hybridized carbons (Fsp3) is 0.0345. The summed E-state index contributed by atoms with van der Waals surface area (Å²) in [7, 11) is -4.36. The molecule has 0 aliphatic rings. The van der Waals surface area contributed by atoms with Crippen LogP contribution < -0.4 is 15.2 Å². The number of nitrogens with two attached hydrogens (primary N) is 1. The highest BCUT2D eigenvalue weighted by atomic mass is 32.2. The minimum atomic E-state index is -4.36. The van der Waals surface area contributed by atoms with Gasteiger partial charge in [-0.1, -0.05) is 12.1 Å². The highest BCUT2D eigenvalue weighted by molar-refractivity contribution is 7.92. The molecule has 2 aromatic carbocycles. The minimum Gasteiger partial charge on any atom is -0.436 e. The van der Waals surface area contributed by atoms with Crippen LogP contribution in [0.5, 0.6) is 11.6 Å². The molecule has 6 rings (SSSR count). The number of aromatic amines is 1. The second kappa shape index (κ2) is 10.9. The Labute approximate surface area is 247 Å². The zero-order chi connectivity index (χ0) is 31.2. The molecule has 4 heterocycles. The number of sulfonamides is 1. The quantitative estimate of drug-likeness (QED) is 0.194. The highest BCUT2D eigenvalue weighted by Gasteiger charge is 2.23. The predicted molar refractivity (Wildman–Crippen MR) is 154 cm³/mol. The van der Waals surface area contributed by atoms with E-state index in [9.17, 15) is 26.4 Å². The summed E-state index contributed by atoms with van der Waals surface area (Å²) in [4.78, 5) is 23.4. The SMILES string of the molecule is Cc1cc(Oc2ccccc2F)ncc1-n1ncc(C(=O)c2cc3cc(F)c(NS(=O)(=O)c4cncc(F)c4)cc3[nH]2)c1N. The number of nitrogen functional groups attached to an aromatic ring is 1. The molecule has 0 bridgehead atoms. The van der Waals surface area contributed by atoms with Crippen LogP contribution in [0.2, 0.25) is 0 Å². The molecule has 0 aliphatic carbocycles. The van der Waals surface area contributed by atoms with Gasteiger partial charge in [-0.15, -0.1) is 0 Å². The van der Waals surface area contributed by atoms with Gasteiger partial charge >= 0.3 is 0 Å². The third kappa shape index (κ3) is 5.31. The minimum absolute atomic E-state index is 0.00487. The van der Waals surface area contributed by atoms with Gasteiger partial charge < -0.3 is 15.5 Å². The van der Waals surface area contributed by atoms with Crippen molar-refractivity contribution in [1.82, 2.24) is 24.7 Å². The molecule has 0 radical (unpaired) electrons. The van der Waals surface area contributed by atoms with Gasteiger partial charge in [-0.25, -0.2) is 31.3 Å². The van der Waals surface area contributed by atoms with E-state index in [4.69, 9.17) is 10.5 Å². The third-order valence-corrected chi connectivity index (χ3v) is 7.91. The number of pyridine rings is 2. The molecule has 0 spiro atoms. The second-order valence-electron chi connectivity index (χ2n) is 9.57. The maximum Gasteiger partial charge on any atom is 0.263 e. The Kier molecular flexibility index (Phi) is 7.01. The molecule has 0 saturated heterocycles. The van der Waals surface area contributed by atoms with Gasteiger partial charge in [0, 0.05) is 23.2 Å². The standard InChI is InChI=1S/C29H20F3N7O4S/c1-15-6-27(43-26-5-3-2-4-20(26)31)35-14-25(15)39-29(33)19(13-36-39)28(40)24-8-16-7-21(32)23(10-22(16)37-24)38-44(41,42)18-9-17(30)11-34-12-18/h2-14,37-38H,33H2,1H3. The molecule has 44 heavy (non-hydrogen) atoms. The van der Waals surface area contributed by atoms with Crippen LogP contribution in [0.15, 0.2) is 84.3 Å². The molecule has 0 amide bonds. The number of H-pyrrole nitrogens is 1. The first-order valence-corrected chi connectivity index (χ1v) is 14.2. The Morgan fingerprint density at radius 2 is 1.80 bits per heavy atom. The van der Waals surface area contributed by atoms with E-state index in [-0.39, 0.29) is 39.6 Å². The predicted octanol–water partition coefficient (Wildman–Crippen LogP) is 5.28. The van der Waals surface area contributed by atoms with Gasteiger partial charge in [-0.05, 0) is 48.9 Å². The first kappa shape index (κ1) is 28.4. The van der Waals surface area contributed by atoms with Crippen molar-refractivity contribution >= 4 is 38.2 Å². The van der Waals surface area contributed by atoms with Gasteiger partial charge in [0.15, 0.2) is 11.6 Å². The van der Waals surface area contributed by atoms with E-state index in [0.29, 0.717) is 11.3 Å². The molecular weight excluding hydrogens is 599 g/mol. The lowest BCUT2D eigenvalue weighted by molar-refractivity contribution is 0.103. The number of nitrogens with zero attached hydrogens (tertiary/aromatic N) is 4. The van der Waals surface area contributed by atoms with E-state index in [1.54, 1.807) is 19.1 Å². The van der Waals surface area contributed by atoms with Crippen molar-refractivity contribution in [1.29, 1.82) is 0 Å². The van der Waals surface area contributed by atoms with Gasteiger partial charge in [-0.3, -0.25) is 14.5 Å². The number of carbonyl (C=O) groups excluding carboxylic acids is 1. The molecule has 0 atom stereocenters. The lowest BCUT2D eigenvalue weighted by atomic mass is 10.1. The number of para-hydroxylation sites is 1. The van der Waals surface area contributed by atoms with E-state index in [2.05, 4.69) is 24.8 Å². The number of aromatic nitrogens is 5. The number of aryl methyl sites for hydroxylation is 1. The molecule has 222 valence electrons. The maximum atomic E-state index is 14.9. The second-order valence-corrected chi connectivity index (χ2v) is 11.3. The monoisotopic (exact) mass is 619 g/mol. The van der Waals surface area contributed by atoms with Gasteiger partial charge in [0.1, 0.15) is 22.3 Å². The number of hydrogen-bond acceptors (Lipinski definition) is 8. The summed E-state index contributed by atoms with van der Waals surface area (Å²) in [6.07, 6.45) is 4.43. The van der Waals surface area contributed by atoms with Crippen molar-refractivity contribution in [2.45, 2.75) is 11.8 Å². The van der Waals surface area contributed by atoms with Crippen LogP contribution in [-0.2, 0) is 10.0 Å². The third-order valence-electron chi connectivity index (χ3n) is 6.58. The largest absolute Gasteiger partial charge is 0.436 e. The van der Waals surface area contributed by atoms with Gasteiger partial charge in [0.2, 0.25) is 11.7 Å². The van der Waals surface area contributed by atoms with Crippen molar-refractivity contribution in [3.63, 3.8) is 0 Å². The number of anilines is 2. The van der Waals surface area contributed by atoms with Crippen LogP contribution in [0.25, 0.3) is 16.6 Å². The Balaban J connectivity index is 1.26. The van der Waals surface area contributed by atoms with Crippen molar-refractivity contribution in [2.24, 2.45) is 0 Å². The number of ketones is 1. The molecule has 0 fully saturated rings. The van der Waals surface area contributed by atoms with Crippen LogP contribution in [0.4, 0.5) is 24.7 Å². The lowest BCUT2D eigenvalue weighted by Gasteiger charge is -2.11. The molecule has 15 heteroatoms. The summed E-state index contributed by atoms with van der Waals surface area (Å²) >= 11 is 0. The van der Waals surface area contributed by atoms with E-state index in [0.717, 1.165) is 24.5 Å². The summed E-state index contributed by atoms with van der Waals surface area (Å²) in [5.41, 5.74) is 7.21. The topological polar surface area (TPSA) is 158 Å². The van der Waals surface area contributed by atoms with Crippen LogP contribution in [-0.4, -0.2) is 38.9 Å². The zero-order valence-corrected chi connectivity index (χ0v) is 23.4. The Hall–Kier alpha value is -5.70. The fourth-order valence-corrected chi connectivity index (χ4v) is 5.44. The molecule has 0 saturated carbocycles. The summed E-state index contributed by atoms with van der Waals surface area (Å²) in [6.45, 7) is 1.73. The Morgan fingerprint density at radius 1 is 1.00 bits per heavy atom. The maximum absolute atomic E-state index is 14.9. The Bertz CT molecular complexity index is 2200. The molecule has 4 N–H and O–H groups in total. The lowest BCUT2D eigenvalue weighted by Crippen LogP contribution is -2.14. The molecule has 0 aliphatic heterocycles. The van der Waals surface area contributed by atoms with E-state index in [1.807, 2.05) is 0 Å². The zero-order valence-electron chi connectivity index (χ0n) is 22.5. The van der Waals surface area contributed by atoms with Gasteiger partial charge in [0.05, 0.1) is 41.2 Å². The summed E-state index contributed by atoms with van der Waals surface area (Å²) in [6, 6.07) is 11.8. The van der Waals surface area contributed by atoms with Crippen molar-refractivity contribution < 1.29 is 31.1 Å². The average molecular weight is 620 g/mol. The van der Waals surface area contributed by atoms with Crippen molar-refractivity contribution in [2.75, 3.05) is 10.5 Å². The highest BCUT2D eigenvalue weighted by Crippen LogP contribution is 2.29. The van der Waals surface area contributed by atoms with Gasteiger partial charge in [0.25, 0.3) is 10.0 Å². The van der Waals surface area contributed by atoms with Crippen molar-refractivity contribution in [3.05, 3.63) is 114 Å². The molecule has 6 aromatic rings. The molecule has 0 unspecified atom stereocenters. The molecule has 4 aromatic heterocycles. The number of benzene rings is 2. The molecular formula is C29H20F3N7O4S. The fourth-order valence-electron chi connectivity index (χ4n) is 4.41. The van der Waals surface area contributed by atoms with Gasteiger partial charge in [-0.2, -0.15) is 5.10 Å². The van der Waals surface area contributed by atoms with Crippen LogP contribution in [0, 0.1) is 24.4 Å². The smallest absolute Gasteiger partial charge is 0.263 e.